The van der Waals surface area contributed by atoms with Crippen LogP contribution >= 0.6 is 0 Å². The van der Waals surface area contributed by atoms with Gasteiger partial charge in [-0.1, -0.05) is 42.0 Å². The average molecular weight is 361 g/mol. The van der Waals surface area contributed by atoms with E-state index in [9.17, 15) is 13.2 Å². The standard InChI is InChI=1S/C19H23NO4S/c1-15-7-9-18(10-8-15)25(22,23)12-11-19(21)20-13-16-5-3-4-6-17(16)14-24-2/h3-10H,11-14H2,1-2H3,(H,20,21). The summed E-state index contributed by atoms with van der Waals surface area (Å²) in [6.45, 7) is 2.71. The number of benzene rings is 2. The van der Waals surface area contributed by atoms with Crippen molar-refractivity contribution in [3.63, 3.8) is 0 Å². The van der Waals surface area contributed by atoms with Gasteiger partial charge in [0.2, 0.25) is 5.91 Å². The number of sulfone groups is 1. The number of carbonyl (C=O) groups excluding carboxylic acids is 1. The summed E-state index contributed by atoms with van der Waals surface area (Å²) in [7, 11) is -1.84. The van der Waals surface area contributed by atoms with Gasteiger partial charge < -0.3 is 10.1 Å². The molecule has 2 rings (SSSR count). The first-order valence-electron chi connectivity index (χ1n) is 8.04. The maximum Gasteiger partial charge on any atom is 0.221 e. The predicted molar refractivity (Wildman–Crippen MR) is 96.9 cm³/mol. The van der Waals surface area contributed by atoms with Gasteiger partial charge in [-0.05, 0) is 30.2 Å². The largest absolute Gasteiger partial charge is 0.380 e. The van der Waals surface area contributed by atoms with Crippen LogP contribution in [0.5, 0.6) is 0 Å². The van der Waals surface area contributed by atoms with Gasteiger partial charge >= 0.3 is 0 Å². The van der Waals surface area contributed by atoms with E-state index in [4.69, 9.17) is 4.74 Å². The Morgan fingerprint density at radius 3 is 2.32 bits per heavy atom. The molecule has 0 aliphatic rings. The number of carbonyl (C=O) groups is 1. The van der Waals surface area contributed by atoms with E-state index in [2.05, 4.69) is 5.32 Å². The van der Waals surface area contributed by atoms with Crippen LogP contribution < -0.4 is 5.32 Å². The van der Waals surface area contributed by atoms with Gasteiger partial charge in [0, 0.05) is 20.1 Å². The van der Waals surface area contributed by atoms with Gasteiger partial charge in [-0.2, -0.15) is 0 Å². The lowest BCUT2D eigenvalue weighted by Gasteiger charge is -2.10. The smallest absolute Gasteiger partial charge is 0.221 e. The topological polar surface area (TPSA) is 72.5 Å². The Labute approximate surface area is 148 Å². The minimum Gasteiger partial charge on any atom is -0.380 e. The summed E-state index contributed by atoms with van der Waals surface area (Å²) in [6.07, 6.45) is -0.0668. The molecular formula is C19H23NO4S. The number of ether oxygens (including phenoxy) is 1. The molecule has 134 valence electrons. The fourth-order valence-electron chi connectivity index (χ4n) is 2.40. The number of aryl methyl sites for hydroxylation is 1. The van der Waals surface area contributed by atoms with E-state index in [0.717, 1.165) is 16.7 Å². The molecule has 0 aliphatic carbocycles. The molecule has 0 aromatic heterocycles. The van der Waals surface area contributed by atoms with Gasteiger partial charge in [-0.3, -0.25) is 4.79 Å². The van der Waals surface area contributed by atoms with Crippen LogP contribution in [0.25, 0.3) is 0 Å². The average Bonchev–Trinajstić information content (AvgIpc) is 2.60. The third kappa shape index (κ3) is 5.69. The second kappa shape index (κ2) is 8.78. The first-order valence-corrected chi connectivity index (χ1v) is 9.69. The molecule has 0 saturated heterocycles. The zero-order valence-corrected chi connectivity index (χ0v) is 15.3. The number of hydrogen-bond acceptors (Lipinski definition) is 4. The summed E-state index contributed by atoms with van der Waals surface area (Å²) < 4.78 is 29.7. The first kappa shape index (κ1) is 19.1. The van der Waals surface area contributed by atoms with Gasteiger partial charge in [-0.25, -0.2) is 8.42 Å². The SMILES string of the molecule is COCc1ccccc1CNC(=O)CCS(=O)(=O)c1ccc(C)cc1. The zero-order chi connectivity index (χ0) is 18.3. The summed E-state index contributed by atoms with van der Waals surface area (Å²) in [4.78, 5) is 12.3. The highest BCUT2D eigenvalue weighted by molar-refractivity contribution is 7.91. The van der Waals surface area contributed by atoms with E-state index in [1.807, 2.05) is 31.2 Å². The minimum absolute atomic E-state index is 0.0668. The fraction of sp³-hybridized carbons (Fsp3) is 0.316. The van der Waals surface area contributed by atoms with E-state index in [1.165, 1.54) is 0 Å². The lowest BCUT2D eigenvalue weighted by molar-refractivity contribution is -0.120. The zero-order valence-electron chi connectivity index (χ0n) is 14.5. The fourth-order valence-corrected chi connectivity index (χ4v) is 3.64. The van der Waals surface area contributed by atoms with E-state index in [1.54, 1.807) is 31.4 Å². The number of amides is 1. The van der Waals surface area contributed by atoms with Crippen LogP contribution in [0.4, 0.5) is 0 Å². The lowest BCUT2D eigenvalue weighted by atomic mass is 10.1. The summed E-state index contributed by atoms with van der Waals surface area (Å²) in [5.41, 5.74) is 2.95. The van der Waals surface area contributed by atoms with Crippen LogP contribution in [0.15, 0.2) is 53.4 Å². The number of nitrogens with one attached hydrogen (secondary N) is 1. The Balaban J connectivity index is 1.89. The normalized spacial score (nSPS) is 11.3. The highest BCUT2D eigenvalue weighted by atomic mass is 32.2. The molecule has 0 radical (unpaired) electrons. The molecule has 0 saturated carbocycles. The van der Waals surface area contributed by atoms with Crippen molar-refractivity contribution in [2.75, 3.05) is 12.9 Å². The molecule has 1 N–H and O–H groups in total. The Bertz CT molecular complexity index is 814. The van der Waals surface area contributed by atoms with Gasteiger partial charge in [0.05, 0.1) is 17.3 Å². The molecular weight excluding hydrogens is 338 g/mol. The molecule has 0 bridgehead atoms. The van der Waals surface area contributed by atoms with Gasteiger partial charge in [0.1, 0.15) is 0 Å². The van der Waals surface area contributed by atoms with Crippen molar-refractivity contribution in [2.45, 2.75) is 31.4 Å². The first-order chi connectivity index (χ1) is 11.9. The quantitative estimate of drug-likeness (QED) is 0.784. The van der Waals surface area contributed by atoms with Crippen molar-refractivity contribution >= 4 is 15.7 Å². The monoisotopic (exact) mass is 361 g/mol. The molecule has 0 spiro atoms. The highest BCUT2D eigenvalue weighted by Gasteiger charge is 2.16. The van der Waals surface area contributed by atoms with Crippen molar-refractivity contribution in [2.24, 2.45) is 0 Å². The summed E-state index contributed by atoms with van der Waals surface area (Å²) in [5, 5.41) is 2.77. The maximum absolute atomic E-state index is 12.3. The van der Waals surface area contributed by atoms with Crippen molar-refractivity contribution < 1.29 is 17.9 Å². The molecule has 0 fully saturated rings. The number of methoxy groups -OCH3 is 1. The number of rotatable bonds is 8. The van der Waals surface area contributed by atoms with Gasteiger partial charge in [0.15, 0.2) is 9.84 Å². The van der Waals surface area contributed by atoms with Crippen LogP contribution in [-0.2, 0) is 32.5 Å². The summed E-state index contributed by atoms with van der Waals surface area (Å²) in [5.74, 6) is -0.496. The molecule has 1 amide bonds. The Hall–Kier alpha value is -2.18. The second-order valence-corrected chi connectivity index (χ2v) is 7.97. The molecule has 6 heteroatoms. The Morgan fingerprint density at radius 1 is 1.04 bits per heavy atom. The van der Waals surface area contributed by atoms with Gasteiger partial charge in [-0.15, -0.1) is 0 Å². The van der Waals surface area contributed by atoms with Crippen LogP contribution in [-0.4, -0.2) is 27.2 Å². The molecule has 0 heterocycles. The summed E-state index contributed by atoms with van der Waals surface area (Å²) >= 11 is 0. The highest BCUT2D eigenvalue weighted by Crippen LogP contribution is 2.13. The van der Waals surface area contributed by atoms with Gasteiger partial charge in [0.25, 0.3) is 0 Å². The van der Waals surface area contributed by atoms with Crippen molar-refractivity contribution in [1.82, 2.24) is 5.32 Å². The maximum atomic E-state index is 12.3. The van der Waals surface area contributed by atoms with Crippen molar-refractivity contribution in [3.8, 4) is 0 Å². The molecule has 0 unspecified atom stereocenters. The second-order valence-electron chi connectivity index (χ2n) is 5.86. The molecule has 25 heavy (non-hydrogen) atoms. The van der Waals surface area contributed by atoms with Crippen LogP contribution in [0.3, 0.4) is 0 Å². The number of hydrogen-bond donors (Lipinski definition) is 1. The van der Waals surface area contributed by atoms with E-state index >= 15 is 0 Å². The van der Waals surface area contributed by atoms with Crippen molar-refractivity contribution in [3.05, 3.63) is 65.2 Å². The van der Waals surface area contributed by atoms with E-state index < -0.39 is 9.84 Å². The predicted octanol–water partition coefficient (Wildman–Crippen LogP) is 2.62. The Morgan fingerprint density at radius 2 is 1.68 bits per heavy atom. The summed E-state index contributed by atoms with van der Waals surface area (Å²) in [6, 6.07) is 14.3. The van der Waals surface area contributed by atoms with Crippen LogP contribution in [0, 0.1) is 6.92 Å². The Kier molecular flexibility index (Phi) is 6.73. The van der Waals surface area contributed by atoms with E-state index in [-0.39, 0.29) is 23.0 Å². The third-order valence-corrected chi connectivity index (χ3v) is 5.60. The lowest BCUT2D eigenvalue weighted by Crippen LogP contribution is -2.25. The molecule has 2 aromatic rings. The molecule has 0 aliphatic heterocycles. The van der Waals surface area contributed by atoms with E-state index in [0.29, 0.717) is 13.2 Å². The third-order valence-electron chi connectivity index (χ3n) is 3.87. The molecule has 0 atom stereocenters. The van der Waals surface area contributed by atoms with Crippen molar-refractivity contribution in [1.29, 1.82) is 0 Å². The molecule has 2 aromatic carbocycles. The molecule has 5 nitrogen and oxygen atoms in total. The van der Waals surface area contributed by atoms with Crippen LogP contribution in [0.2, 0.25) is 0 Å². The minimum atomic E-state index is -3.45. The van der Waals surface area contributed by atoms with Crippen LogP contribution in [0.1, 0.15) is 23.1 Å².